The van der Waals surface area contributed by atoms with Crippen molar-refractivity contribution in [1.29, 1.82) is 0 Å². The van der Waals surface area contributed by atoms with Crippen LogP contribution in [-0.2, 0) is 10.9 Å². The SMILES string of the molecule is COCC(C)Oc1ccc(C(N)=NO)c(C(F)(F)F)c1. The molecule has 0 spiro atoms. The summed E-state index contributed by atoms with van der Waals surface area (Å²) >= 11 is 0. The predicted molar refractivity (Wildman–Crippen MR) is 65.9 cm³/mol. The highest BCUT2D eigenvalue weighted by Gasteiger charge is 2.35. The number of amidine groups is 1. The lowest BCUT2D eigenvalue weighted by atomic mass is 10.1. The molecular formula is C12H15F3N2O3. The van der Waals surface area contributed by atoms with Crippen molar-refractivity contribution in [2.24, 2.45) is 10.9 Å². The number of alkyl halides is 3. The van der Waals surface area contributed by atoms with Gasteiger partial charge in [-0.2, -0.15) is 13.2 Å². The van der Waals surface area contributed by atoms with Crippen molar-refractivity contribution in [2.45, 2.75) is 19.2 Å². The van der Waals surface area contributed by atoms with Crippen LogP contribution in [0.4, 0.5) is 13.2 Å². The Morgan fingerprint density at radius 3 is 2.60 bits per heavy atom. The molecule has 0 aliphatic rings. The minimum absolute atomic E-state index is 0.0244. The standard InChI is InChI=1S/C12H15F3N2O3/c1-7(6-19-2)20-8-3-4-9(11(16)17-18)10(5-8)12(13,14)15/h3-5,7,18H,6H2,1-2H3,(H2,16,17). The van der Waals surface area contributed by atoms with Crippen molar-refractivity contribution >= 4 is 5.84 Å². The van der Waals surface area contributed by atoms with Gasteiger partial charge in [0.05, 0.1) is 12.2 Å². The fourth-order valence-electron chi connectivity index (χ4n) is 1.61. The molecule has 0 aromatic heterocycles. The summed E-state index contributed by atoms with van der Waals surface area (Å²) in [6.45, 7) is 1.90. The van der Waals surface area contributed by atoms with Crippen molar-refractivity contribution in [3.05, 3.63) is 29.3 Å². The Bertz CT molecular complexity index is 489. The predicted octanol–water partition coefficient (Wildman–Crippen LogP) is 2.21. The molecule has 5 nitrogen and oxygen atoms in total. The fourth-order valence-corrected chi connectivity index (χ4v) is 1.61. The van der Waals surface area contributed by atoms with Crippen LogP contribution < -0.4 is 10.5 Å². The quantitative estimate of drug-likeness (QED) is 0.377. The van der Waals surface area contributed by atoms with Crippen LogP contribution in [0.1, 0.15) is 18.1 Å². The molecule has 0 fully saturated rings. The summed E-state index contributed by atoms with van der Waals surface area (Å²) < 4.78 is 48.9. The van der Waals surface area contributed by atoms with Crippen molar-refractivity contribution in [3.8, 4) is 5.75 Å². The maximum absolute atomic E-state index is 12.9. The summed E-state index contributed by atoms with van der Waals surface area (Å²) in [5.41, 5.74) is 3.79. The Hall–Kier alpha value is -1.96. The molecule has 1 aromatic carbocycles. The van der Waals surface area contributed by atoms with E-state index in [9.17, 15) is 13.2 Å². The Kier molecular flexibility index (Phi) is 5.20. The fraction of sp³-hybridized carbons (Fsp3) is 0.417. The highest BCUT2D eigenvalue weighted by Crippen LogP contribution is 2.34. The molecule has 1 atom stereocenters. The van der Waals surface area contributed by atoms with Gasteiger partial charge in [-0.15, -0.1) is 0 Å². The molecule has 1 rings (SSSR count). The molecule has 112 valence electrons. The van der Waals surface area contributed by atoms with Gasteiger partial charge in [-0.05, 0) is 25.1 Å². The van der Waals surface area contributed by atoms with E-state index in [0.29, 0.717) is 0 Å². The minimum Gasteiger partial charge on any atom is -0.488 e. The van der Waals surface area contributed by atoms with E-state index in [-0.39, 0.29) is 12.4 Å². The Morgan fingerprint density at radius 1 is 1.45 bits per heavy atom. The molecule has 20 heavy (non-hydrogen) atoms. The van der Waals surface area contributed by atoms with Crippen LogP contribution in [0.5, 0.6) is 5.75 Å². The molecule has 0 saturated carbocycles. The molecule has 0 aliphatic heterocycles. The maximum atomic E-state index is 12.9. The molecule has 8 heteroatoms. The van der Waals surface area contributed by atoms with Crippen molar-refractivity contribution < 1.29 is 27.9 Å². The monoisotopic (exact) mass is 292 g/mol. The van der Waals surface area contributed by atoms with Gasteiger partial charge in [0.1, 0.15) is 11.9 Å². The Morgan fingerprint density at radius 2 is 2.10 bits per heavy atom. The number of ether oxygens (including phenoxy) is 2. The molecule has 0 aliphatic carbocycles. The third-order valence-electron chi connectivity index (χ3n) is 2.42. The maximum Gasteiger partial charge on any atom is 0.417 e. The van der Waals surface area contributed by atoms with Gasteiger partial charge in [-0.25, -0.2) is 0 Å². The molecule has 1 aromatic rings. The number of rotatable bonds is 5. The summed E-state index contributed by atoms with van der Waals surface area (Å²) in [6.07, 6.45) is -5.05. The van der Waals surface area contributed by atoms with E-state index in [1.54, 1.807) is 6.92 Å². The van der Waals surface area contributed by atoms with E-state index in [1.165, 1.54) is 13.2 Å². The topological polar surface area (TPSA) is 77.1 Å². The van der Waals surface area contributed by atoms with E-state index in [2.05, 4.69) is 5.16 Å². The van der Waals surface area contributed by atoms with Gasteiger partial charge in [0, 0.05) is 12.7 Å². The number of nitrogens with two attached hydrogens (primary N) is 1. The first-order valence-electron chi connectivity index (χ1n) is 5.64. The van der Waals surface area contributed by atoms with Gasteiger partial charge >= 0.3 is 6.18 Å². The van der Waals surface area contributed by atoms with Gasteiger partial charge in [0.15, 0.2) is 5.84 Å². The number of hydrogen-bond donors (Lipinski definition) is 2. The summed E-state index contributed by atoms with van der Waals surface area (Å²) in [6, 6.07) is 3.21. The number of halogens is 3. The largest absolute Gasteiger partial charge is 0.488 e. The molecular weight excluding hydrogens is 277 g/mol. The second-order valence-corrected chi connectivity index (χ2v) is 4.07. The molecule has 1 unspecified atom stereocenters. The zero-order chi connectivity index (χ0) is 15.3. The smallest absolute Gasteiger partial charge is 0.417 e. The lowest BCUT2D eigenvalue weighted by molar-refractivity contribution is -0.137. The normalized spacial score (nSPS) is 14.2. The van der Waals surface area contributed by atoms with E-state index < -0.39 is 29.2 Å². The summed E-state index contributed by atoms with van der Waals surface area (Å²) in [5, 5.41) is 11.1. The zero-order valence-electron chi connectivity index (χ0n) is 10.9. The van der Waals surface area contributed by atoms with Crippen LogP contribution in [0.15, 0.2) is 23.4 Å². The molecule has 0 radical (unpaired) electrons. The first kappa shape index (κ1) is 16.1. The number of oxime groups is 1. The molecule has 0 saturated heterocycles. The summed E-state index contributed by atoms with van der Waals surface area (Å²) in [7, 11) is 1.46. The van der Waals surface area contributed by atoms with Gasteiger partial charge < -0.3 is 20.4 Å². The van der Waals surface area contributed by atoms with Crippen molar-refractivity contribution in [2.75, 3.05) is 13.7 Å². The van der Waals surface area contributed by atoms with Gasteiger partial charge in [-0.1, -0.05) is 5.16 Å². The van der Waals surface area contributed by atoms with Crippen LogP contribution >= 0.6 is 0 Å². The van der Waals surface area contributed by atoms with E-state index in [0.717, 1.165) is 12.1 Å². The lowest BCUT2D eigenvalue weighted by Crippen LogP contribution is -2.21. The third-order valence-corrected chi connectivity index (χ3v) is 2.42. The van der Waals surface area contributed by atoms with Crippen LogP contribution in [0, 0.1) is 0 Å². The average Bonchev–Trinajstić information content (AvgIpc) is 2.37. The number of nitrogens with zero attached hydrogens (tertiary/aromatic N) is 1. The lowest BCUT2D eigenvalue weighted by Gasteiger charge is -2.17. The molecule has 3 N–H and O–H groups in total. The third kappa shape index (κ3) is 4.02. The van der Waals surface area contributed by atoms with Gasteiger partial charge in [-0.3, -0.25) is 0 Å². The van der Waals surface area contributed by atoms with Gasteiger partial charge in [0.25, 0.3) is 0 Å². The highest BCUT2D eigenvalue weighted by atomic mass is 19.4. The van der Waals surface area contributed by atoms with Crippen LogP contribution in [0.25, 0.3) is 0 Å². The zero-order valence-corrected chi connectivity index (χ0v) is 10.9. The number of benzene rings is 1. The summed E-state index contributed by atoms with van der Waals surface area (Å²) in [4.78, 5) is 0. The van der Waals surface area contributed by atoms with Crippen molar-refractivity contribution in [1.82, 2.24) is 0 Å². The van der Waals surface area contributed by atoms with Crippen LogP contribution in [-0.4, -0.2) is 30.9 Å². The van der Waals surface area contributed by atoms with E-state index >= 15 is 0 Å². The van der Waals surface area contributed by atoms with E-state index in [4.69, 9.17) is 20.4 Å². The minimum atomic E-state index is -4.64. The average molecular weight is 292 g/mol. The highest BCUT2D eigenvalue weighted by molar-refractivity contribution is 5.98. The number of methoxy groups -OCH3 is 1. The van der Waals surface area contributed by atoms with Crippen LogP contribution in [0.2, 0.25) is 0 Å². The number of hydrogen-bond acceptors (Lipinski definition) is 4. The second kappa shape index (κ2) is 6.47. The molecule has 0 bridgehead atoms. The Balaban J connectivity index is 3.15. The van der Waals surface area contributed by atoms with E-state index in [1.807, 2.05) is 0 Å². The summed E-state index contributed by atoms with van der Waals surface area (Å²) in [5.74, 6) is -0.592. The van der Waals surface area contributed by atoms with Gasteiger partial charge in [0.2, 0.25) is 0 Å². The molecule has 0 amide bonds. The first-order chi connectivity index (χ1) is 9.29. The van der Waals surface area contributed by atoms with Crippen molar-refractivity contribution in [3.63, 3.8) is 0 Å². The second-order valence-electron chi connectivity index (χ2n) is 4.07. The Labute approximate surface area is 113 Å². The first-order valence-corrected chi connectivity index (χ1v) is 5.64. The molecule has 0 heterocycles. The van der Waals surface area contributed by atoms with Crippen LogP contribution in [0.3, 0.4) is 0 Å².